The van der Waals surface area contributed by atoms with Gasteiger partial charge in [0.25, 0.3) is 11.1 Å². The molecule has 1 aliphatic heterocycles. The van der Waals surface area contributed by atoms with E-state index in [4.69, 9.17) is 0 Å². The number of hydrogen-bond acceptors (Lipinski definition) is 4. The highest BCUT2D eigenvalue weighted by Gasteiger charge is 2.36. The number of imide groups is 1. The summed E-state index contributed by atoms with van der Waals surface area (Å²) < 4.78 is 2.14. The summed E-state index contributed by atoms with van der Waals surface area (Å²) in [5, 5.41) is 5.27. The third kappa shape index (κ3) is 4.60. The predicted octanol–water partition coefficient (Wildman–Crippen LogP) is 6.52. The van der Waals surface area contributed by atoms with Crippen LogP contribution in [-0.4, -0.2) is 33.1 Å². The Kier molecular flexibility index (Phi) is 6.27. The van der Waals surface area contributed by atoms with Gasteiger partial charge in [0.05, 0.1) is 4.91 Å². The van der Waals surface area contributed by atoms with Crippen molar-refractivity contribution in [3.05, 3.63) is 119 Å². The Labute approximate surface area is 223 Å². The van der Waals surface area contributed by atoms with E-state index in [1.165, 1.54) is 0 Å². The smallest absolute Gasteiger partial charge is 0.294 e. The minimum atomic E-state index is -0.465. The summed E-state index contributed by atoms with van der Waals surface area (Å²) in [6.45, 7) is 0.339. The molecule has 186 valence electrons. The van der Waals surface area contributed by atoms with Crippen LogP contribution >= 0.6 is 11.8 Å². The maximum atomic E-state index is 13.2. The molecule has 0 aliphatic carbocycles. The average Bonchev–Trinajstić information content (AvgIpc) is 3.41. The first-order valence-electron chi connectivity index (χ1n) is 12.2. The summed E-state index contributed by atoms with van der Waals surface area (Å²) in [7, 11) is 0. The zero-order valence-corrected chi connectivity index (χ0v) is 21.2. The highest BCUT2D eigenvalue weighted by atomic mass is 32.2. The second-order valence-corrected chi connectivity index (χ2v) is 10.1. The van der Waals surface area contributed by atoms with Gasteiger partial charge in [0, 0.05) is 40.3 Å². The molecule has 2 heterocycles. The molecule has 1 fully saturated rings. The summed E-state index contributed by atoms with van der Waals surface area (Å²) in [4.78, 5) is 40.1. The van der Waals surface area contributed by atoms with Crippen LogP contribution in [0.4, 0.5) is 10.5 Å². The normalized spacial score (nSPS) is 14.6. The molecule has 0 unspecified atom stereocenters. The van der Waals surface area contributed by atoms with Gasteiger partial charge in [-0.1, -0.05) is 84.9 Å². The van der Waals surface area contributed by atoms with Crippen molar-refractivity contribution < 1.29 is 14.4 Å². The number of carbonyl (C=O) groups is 3. The fourth-order valence-corrected chi connectivity index (χ4v) is 5.58. The molecule has 4 aromatic carbocycles. The van der Waals surface area contributed by atoms with Crippen molar-refractivity contribution >= 4 is 62.3 Å². The molecule has 6 rings (SSSR count). The van der Waals surface area contributed by atoms with Gasteiger partial charge in [-0.2, -0.15) is 0 Å². The third-order valence-corrected chi connectivity index (χ3v) is 7.45. The molecule has 7 heteroatoms. The standard InChI is InChI=1S/C31H23N3O3S/c35-29(32-26-15-8-12-22-11-4-5-13-24(22)26)20-34-30(36)28(38-31(34)37)17-23-19-33(18-21-9-2-1-3-10-21)27-16-7-6-14-25(23)27/h1-17,19H,18,20H2,(H,32,35)/b28-17-. The van der Waals surface area contributed by atoms with Gasteiger partial charge in [-0.25, -0.2) is 0 Å². The second kappa shape index (κ2) is 10.0. The van der Waals surface area contributed by atoms with Crippen LogP contribution in [0, 0.1) is 0 Å². The van der Waals surface area contributed by atoms with Gasteiger partial charge in [0.1, 0.15) is 6.54 Å². The molecule has 5 aromatic rings. The number of aromatic nitrogens is 1. The summed E-state index contributed by atoms with van der Waals surface area (Å²) in [6, 6.07) is 31.5. The van der Waals surface area contributed by atoms with E-state index in [0.29, 0.717) is 17.1 Å². The molecular weight excluding hydrogens is 494 g/mol. The lowest BCUT2D eigenvalue weighted by molar-refractivity contribution is -0.127. The zero-order valence-electron chi connectivity index (χ0n) is 20.3. The van der Waals surface area contributed by atoms with Crippen molar-refractivity contribution in [2.75, 3.05) is 11.9 Å². The number of carbonyl (C=O) groups excluding carboxylic acids is 3. The molecule has 1 saturated heterocycles. The van der Waals surface area contributed by atoms with Crippen molar-refractivity contribution in [1.82, 2.24) is 9.47 Å². The molecule has 38 heavy (non-hydrogen) atoms. The van der Waals surface area contributed by atoms with Crippen molar-refractivity contribution in [2.45, 2.75) is 6.54 Å². The Morgan fingerprint density at radius 2 is 1.53 bits per heavy atom. The van der Waals surface area contributed by atoms with Crippen LogP contribution in [0.3, 0.4) is 0 Å². The molecule has 0 bridgehead atoms. The monoisotopic (exact) mass is 517 g/mol. The fourth-order valence-electron chi connectivity index (χ4n) is 4.75. The van der Waals surface area contributed by atoms with Crippen molar-refractivity contribution in [3.8, 4) is 0 Å². The van der Waals surface area contributed by atoms with Crippen LogP contribution in [0.25, 0.3) is 27.8 Å². The van der Waals surface area contributed by atoms with Crippen LogP contribution in [0.1, 0.15) is 11.1 Å². The summed E-state index contributed by atoms with van der Waals surface area (Å²) in [5.41, 5.74) is 3.69. The van der Waals surface area contributed by atoms with Gasteiger partial charge in [-0.15, -0.1) is 0 Å². The maximum absolute atomic E-state index is 13.2. The number of anilines is 1. The van der Waals surface area contributed by atoms with E-state index in [1.807, 2.05) is 85.1 Å². The molecule has 0 spiro atoms. The molecule has 0 atom stereocenters. The minimum Gasteiger partial charge on any atom is -0.342 e. The third-order valence-electron chi connectivity index (χ3n) is 6.54. The van der Waals surface area contributed by atoms with E-state index in [9.17, 15) is 14.4 Å². The van der Waals surface area contributed by atoms with Gasteiger partial charge in [-0.3, -0.25) is 19.3 Å². The largest absolute Gasteiger partial charge is 0.342 e. The van der Waals surface area contributed by atoms with E-state index >= 15 is 0 Å². The summed E-state index contributed by atoms with van der Waals surface area (Å²) >= 11 is 0.859. The number of thioether (sulfide) groups is 1. The second-order valence-electron chi connectivity index (χ2n) is 9.06. The zero-order chi connectivity index (χ0) is 26.1. The SMILES string of the molecule is O=C(CN1C(=O)S/C(=C\c2cn(Cc3ccccc3)c3ccccc23)C1=O)Nc1cccc2ccccc12. The Morgan fingerprint density at radius 3 is 2.37 bits per heavy atom. The van der Waals surface area contributed by atoms with E-state index in [2.05, 4.69) is 22.0 Å². The summed E-state index contributed by atoms with van der Waals surface area (Å²) in [6.07, 6.45) is 3.75. The highest BCUT2D eigenvalue weighted by Crippen LogP contribution is 2.34. The molecule has 0 saturated carbocycles. The Morgan fingerprint density at radius 1 is 0.816 bits per heavy atom. The summed E-state index contributed by atoms with van der Waals surface area (Å²) in [5.74, 6) is -0.891. The van der Waals surface area contributed by atoms with Crippen LogP contribution in [-0.2, 0) is 16.1 Å². The highest BCUT2D eigenvalue weighted by molar-refractivity contribution is 8.18. The van der Waals surface area contributed by atoms with Crippen molar-refractivity contribution in [3.63, 3.8) is 0 Å². The first-order valence-corrected chi connectivity index (χ1v) is 13.0. The quantitative estimate of drug-likeness (QED) is 0.260. The van der Waals surface area contributed by atoms with E-state index in [0.717, 1.165) is 49.5 Å². The topological polar surface area (TPSA) is 71.4 Å². The number of para-hydroxylation sites is 1. The number of hydrogen-bond donors (Lipinski definition) is 1. The first-order chi connectivity index (χ1) is 18.6. The van der Waals surface area contributed by atoms with Crippen molar-refractivity contribution in [1.29, 1.82) is 0 Å². The molecule has 6 nitrogen and oxygen atoms in total. The van der Waals surface area contributed by atoms with Gasteiger partial charge in [0.2, 0.25) is 5.91 Å². The van der Waals surface area contributed by atoms with Gasteiger partial charge < -0.3 is 9.88 Å². The molecule has 1 aliphatic rings. The predicted molar refractivity (Wildman–Crippen MR) is 153 cm³/mol. The molecule has 0 radical (unpaired) electrons. The molecule has 1 aromatic heterocycles. The Bertz CT molecular complexity index is 1730. The van der Waals surface area contributed by atoms with Crippen molar-refractivity contribution in [2.24, 2.45) is 0 Å². The van der Waals surface area contributed by atoms with Gasteiger partial charge in [0.15, 0.2) is 0 Å². The minimum absolute atomic E-state index is 0.301. The number of benzene rings is 4. The van der Waals surface area contributed by atoms with Crippen LogP contribution in [0.15, 0.2) is 108 Å². The van der Waals surface area contributed by atoms with E-state index in [-0.39, 0.29) is 6.54 Å². The number of rotatable bonds is 6. The molecule has 1 N–H and O–H groups in total. The van der Waals surface area contributed by atoms with Crippen LogP contribution < -0.4 is 5.32 Å². The van der Waals surface area contributed by atoms with Crippen LogP contribution in [0.5, 0.6) is 0 Å². The van der Waals surface area contributed by atoms with E-state index in [1.54, 1.807) is 12.1 Å². The maximum Gasteiger partial charge on any atom is 0.294 e. The number of amides is 3. The van der Waals surface area contributed by atoms with Gasteiger partial charge >= 0.3 is 0 Å². The lowest BCUT2D eigenvalue weighted by Crippen LogP contribution is -2.36. The lowest BCUT2D eigenvalue weighted by atomic mass is 10.1. The number of fused-ring (bicyclic) bond motifs is 2. The molecular formula is C31H23N3O3S. The first kappa shape index (κ1) is 23.8. The number of nitrogens with zero attached hydrogens (tertiary/aromatic N) is 2. The van der Waals surface area contributed by atoms with E-state index < -0.39 is 17.1 Å². The van der Waals surface area contributed by atoms with Crippen LogP contribution in [0.2, 0.25) is 0 Å². The Hall–Kier alpha value is -4.62. The Balaban J connectivity index is 1.23. The number of nitrogens with one attached hydrogen (secondary N) is 1. The van der Waals surface area contributed by atoms with Gasteiger partial charge in [-0.05, 0) is 40.9 Å². The lowest BCUT2D eigenvalue weighted by Gasteiger charge is -2.13. The molecule has 3 amide bonds. The fraction of sp³-hybridized carbons (Fsp3) is 0.0645. The average molecular weight is 518 g/mol.